The van der Waals surface area contributed by atoms with E-state index in [2.05, 4.69) is 5.32 Å². The van der Waals surface area contributed by atoms with Crippen LogP contribution in [0.25, 0.3) is 0 Å². The third-order valence-corrected chi connectivity index (χ3v) is 5.38. The number of carbonyl (C=O) groups is 1. The van der Waals surface area contributed by atoms with Gasteiger partial charge in [0.15, 0.2) is 0 Å². The summed E-state index contributed by atoms with van der Waals surface area (Å²) in [6.45, 7) is 3.67. The highest BCUT2D eigenvalue weighted by Gasteiger charge is 2.28. The number of hydrogen-bond acceptors (Lipinski definition) is 4. The zero-order valence-electron chi connectivity index (χ0n) is 13.3. The van der Waals surface area contributed by atoms with Crippen molar-refractivity contribution >= 4 is 15.9 Å². The number of benzene rings is 1. The van der Waals surface area contributed by atoms with Gasteiger partial charge in [-0.15, -0.1) is 0 Å². The highest BCUT2D eigenvalue weighted by molar-refractivity contribution is 7.88. The number of rotatable bonds is 5. The van der Waals surface area contributed by atoms with E-state index in [1.807, 2.05) is 4.90 Å². The standard InChI is InChI=1S/C15H22FN3O3S/c1-12(18-7-9-19(10-8-18)23(2,21)22)15(20)17-11-13-5-3-4-6-14(13)16/h3-6,12H,7-11H2,1-2H3,(H,17,20). The quantitative estimate of drug-likeness (QED) is 0.841. The molecule has 1 aliphatic rings. The second-order valence-corrected chi connectivity index (χ2v) is 7.67. The third-order valence-electron chi connectivity index (χ3n) is 4.08. The van der Waals surface area contributed by atoms with Crippen molar-refractivity contribution in [3.8, 4) is 0 Å². The average molecular weight is 343 g/mol. The van der Waals surface area contributed by atoms with Gasteiger partial charge in [-0.05, 0) is 13.0 Å². The molecule has 2 rings (SSSR count). The van der Waals surface area contributed by atoms with E-state index in [9.17, 15) is 17.6 Å². The second kappa shape index (κ2) is 7.37. The number of halogens is 1. The van der Waals surface area contributed by atoms with Crippen molar-refractivity contribution in [3.05, 3.63) is 35.6 Å². The first-order valence-electron chi connectivity index (χ1n) is 7.49. The Morgan fingerprint density at radius 2 is 1.87 bits per heavy atom. The first-order valence-corrected chi connectivity index (χ1v) is 9.34. The predicted octanol–water partition coefficient (Wildman–Crippen LogP) is 0.408. The summed E-state index contributed by atoms with van der Waals surface area (Å²) in [4.78, 5) is 14.1. The van der Waals surface area contributed by atoms with Crippen LogP contribution in [0.1, 0.15) is 12.5 Å². The Morgan fingerprint density at radius 3 is 2.43 bits per heavy atom. The molecule has 1 aliphatic heterocycles. The molecule has 1 N–H and O–H groups in total. The monoisotopic (exact) mass is 343 g/mol. The van der Waals surface area contributed by atoms with E-state index in [1.165, 1.54) is 16.6 Å². The van der Waals surface area contributed by atoms with Gasteiger partial charge in [0, 0.05) is 38.3 Å². The number of sulfonamides is 1. The van der Waals surface area contributed by atoms with Crippen LogP contribution in [0.3, 0.4) is 0 Å². The van der Waals surface area contributed by atoms with Crippen LogP contribution in [0.2, 0.25) is 0 Å². The summed E-state index contributed by atoms with van der Waals surface area (Å²) in [6.07, 6.45) is 1.19. The smallest absolute Gasteiger partial charge is 0.237 e. The van der Waals surface area contributed by atoms with Gasteiger partial charge >= 0.3 is 0 Å². The number of hydrogen-bond donors (Lipinski definition) is 1. The average Bonchev–Trinajstić information content (AvgIpc) is 2.52. The summed E-state index contributed by atoms with van der Waals surface area (Å²) >= 11 is 0. The Bertz CT molecular complexity index is 658. The fourth-order valence-electron chi connectivity index (χ4n) is 2.56. The maximum absolute atomic E-state index is 13.5. The van der Waals surface area contributed by atoms with E-state index in [4.69, 9.17) is 0 Å². The molecule has 6 nitrogen and oxygen atoms in total. The fourth-order valence-corrected chi connectivity index (χ4v) is 3.39. The largest absolute Gasteiger partial charge is 0.351 e. The SMILES string of the molecule is CC(C(=O)NCc1ccccc1F)N1CCN(S(C)(=O)=O)CC1. The van der Waals surface area contributed by atoms with Gasteiger partial charge in [0.2, 0.25) is 15.9 Å². The van der Waals surface area contributed by atoms with Crippen molar-refractivity contribution in [2.45, 2.75) is 19.5 Å². The molecule has 8 heteroatoms. The number of piperazine rings is 1. The Hall–Kier alpha value is -1.51. The Balaban J connectivity index is 1.85. The Labute approximate surface area is 136 Å². The molecule has 1 fully saturated rings. The molecule has 23 heavy (non-hydrogen) atoms. The molecule has 0 saturated carbocycles. The lowest BCUT2D eigenvalue weighted by molar-refractivity contribution is -0.126. The van der Waals surface area contributed by atoms with Crippen LogP contribution in [-0.2, 0) is 21.4 Å². The second-order valence-electron chi connectivity index (χ2n) is 5.68. The van der Waals surface area contributed by atoms with E-state index in [0.717, 1.165) is 0 Å². The van der Waals surface area contributed by atoms with Gasteiger partial charge in [0.25, 0.3) is 0 Å². The highest BCUT2D eigenvalue weighted by atomic mass is 32.2. The van der Waals surface area contributed by atoms with Crippen molar-refractivity contribution in [3.63, 3.8) is 0 Å². The minimum atomic E-state index is -3.18. The zero-order valence-corrected chi connectivity index (χ0v) is 14.1. The van der Waals surface area contributed by atoms with Crippen molar-refractivity contribution in [1.82, 2.24) is 14.5 Å². The fraction of sp³-hybridized carbons (Fsp3) is 0.533. The van der Waals surface area contributed by atoms with Crippen LogP contribution < -0.4 is 5.32 Å². The van der Waals surface area contributed by atoms with Crippen molar-refractivity contribution in [1.29, 1.82) is 0 Å². The summed E-state index contributed by atoms with van der Waals surface area (Å²) in [5, 5.41) is 2.73. The van der Waals surface area contributed by atoms with Crippen LogP contribution in [0.4, 0.5) is 4.39 Å². The summed E-state index contributed by atoms with van der Waals surface area (Å²) < 4.78 is 37.9. The Kier molecular flexibility index (Phi) is 5.72. The van der Waals surface area contributed by atoms with Crippen molar-refractivity contribution < 1.29 is 17.6 Å². The third kappa shape index (κ3) is 4.73. The van der Waals surface area contributed by atoms with E-state index >= 15 is 0 Å². The van der Waals surface area contributed by atoms with Crippen LogP contribution in [0.5, 0.6) is 0 Å². The van der Waals surface area contributed by atoms with E-state index < -0.39 is 10.0 Å². The first-order chi connectivity index (χ1) is 10.8. The van der Waals surface area contributed by atoms with Gasteiger partial charge < -0.3 is 5.32 Å². The molecule has 0 spiro atoms. The molecule has 0 bridgehead atoms. The van der Waals surface area contributed by atoms with Gasteiger partial charge in [-0.2, -0.15) is 4.31 Å². The number of amides is 1. The van der Waals surface area contributed by atoms with E-state index in [0.29, 0.717) is 31.7 Å². The molecule has 1 unspecified atom stereocenters. The van der Waals surface area contributed by atoms with Gasteiger partial charge in [-0.3, -0.25) is 9.69 Å². The predicted molar refractivity (Wildman–Crippen MR) is 85.7 cm³/mol. The van der Waals surface area contributed by atoms with Crippen LogP contribution in [-0.4, -0.2) is 62.0 Å². The molecular formula is C15H22FN3O3S. The van der Waals surface area contributed by atoms with E-state index in [-0.39, 0.29) is 24.3 Å². The van der Waals surface area contributed by atoms with Gasteiger partial charge in [0.05, 0.1) is 12.3 Å². The molecule has 1 atom stereocenters. The van der Waals surface area contributed by atoms with Crippen molar-refractivity contribution in [2.75, 3.05) is 32.4 Å². The molecule has 0 aromatic heterocycles. The molecule has 0 aliphatic carbocycles. The molecule has 128 valence electrons. The summed E-state index contributed by atoms with van der Waals surface area (Å²) in [5.41, 5.74) is 0.440. The van der Waals surface area contributed by atoms with Crippen molar-refractivity contribution in [2.24, 2.45) is 0 Å². The topological polar surface area (TPSA) is 69.7 Å². The molecule has 1 aromatic rings. The number of carbonyl (C=O) groups excluding carboxylic acids is 1. The first kappa shape index (κ1) is 17.8. The molecule has 1 amide bonds. The molecule has 0 radical (unpaired) electrons. The Morgan fingerprint density at radius 1 is 1.26 bits per heavy atom. The lowest BCUT2D eigenvalue weighted by Crippen LogP contribution is -2.54. The van der Waals surface area contributed by atoms with Crippen LogP contribution in [0, 0.1) is 5.82 Å². The number of nitrogens with zero attached hydrogens (tertiary/aromatic N) is 2. The zero-order chi connectivity index (χ0) is 17.0. The minimum Gasteiger partial charge on any atom is -0.351 e. The highest BCUT2D eigenvalue weighted by Crippen LogP contribution is 2.10. The molecule has 1 aromatic carbocycles. The maximum atomic E-state index is 13.5. The van der Waals surface area contributed by atoms with E-state index in [1.54, 1.807) is 25.1 Å². The summed E-state index contributed by atoms with van der Waals surface area (Å²) in [7, 11) is -3.18. The van der Waals surface area contributed by atoms with Gasteiger partial charge in [-0.25, -0.2) is 12.8 Å². The summed E-state index contributed by atoms with van der Waals surface area (Å²) in [6, 6.07) is 5.92. The van der Waals surface area contributed by atoms with Gasteiger partial charge in [0.1, 0.15) is 5.82 Å². The maximum Gasteiger partial charge on any atom is 0.237 e. The lowest BCUT2D eigenvalue weighted by atomic mass is 10.2. The van der Waals surface area contributed by atoms with Crippen LogP contribution >= 0.6 is 0 Å². The minimum absolute atomic E-state index is 0.138. The molecule has 1 saturated heterocycles. The molecule has 1 heterocycles. The normalized spacial score (nSPS) is 18.6. The molecular weight excluding hydrogens is 321 g/mol. The number of nitrogens with one attached hydrogen (secondary N) is 1. The lowest BCUT2D eigenvalue weighted by Gasteiger charge is -2.36. The van der Waals surface area contributed by atoms with Gasteiger partial charge in [-0.1, -0.05) is 18.2 Å². The summed E-state index contributed by atoms with van der Waals surface area (Å²) in [5.74, 6) is -0.539. The van der Waals surface area contributed by atoms with Crippen LogP contribution in [0.15, 0.2) is 24.3 Å².